The second kappa shape index (κ2) is 8.01. The van der Waals surface area contributed by atoms with Crippen molar-refractivity contribution >= 4 is 17.5 Å². The van der Waals surface area contributed by atoms with Gasteiger partial charge in [-0.2, -0.15) is 0 Å². The van der Waals surface area contributed by atoms with Gasteiger partial charge in [0.15, 0.2) is 0 Å². The Morgan fingerprint density at radius 1 is 0.944 bits per heavy atom. The van der Waals surface area contributed by atoms with Crippen LogP contribution in [0.3, 0.4) is 0 Å². The van der Waals surface area contributed by atoms with Gasteiger partial charge >= 0.3 is 0 Å². The van der Waals surface area contributed by atoms with Crippen molar-refractivity contribution in [1.82, 2.24) is 4.90 Å². The van der Waals surface area contributed by atoms with E-state index in [2.05, 4.69) is 6.92 Å². The van der Waals surface area contributed by atoms with Gasteiger partial charge in [-0.3, -0.25) is 14.4 Å². The summed E-state index contributed by atoms with van der Waals surface area (Å²) < 4.78 is 0. The van der Waals surface area contributed by atoms with Crippen LogP contribution >= 0.6 is 0 Å². The molecular formula is C14H23NO3. The molecule has 1 saturated heterocycles. The summed E-state index contributed by atoms with van der Waals surface area (Å²) in [5, 5.41) is 0. The third kappa shape index (κ3) is 4.59. The van der Waals surface area contributed by atoms with Gasteiger partial charge in [0.1, 0.15) is 0 Å². The third-order valence-corrected chi connectivity index (χ3v) is 3.35. The molecule has 4 nitrogen and oxygen atoms in total. The second-order valence-electron chi connectivity index (χ2n) is 4.92. The molecule has 1 aliphatic heterocycles. The monoisotopic (exact) mass is 253 g/mol. The maximum absolute atomic E-state index is 11.8. The van der Waals surface area contributed by atoms with Crippen molar-refractivity contribution in [2.45, 2.75) is 58.3 Å². The molecule has 0 aromatic rings. The van der Waals surface area contributed by atoms with Crippen molar-refractivity contribution < 1.29 is 14.4 Å². The van der Waals surface area contributed by atoms with Gasteiger partial charge in [-0.25, -0.2) is 0 Å². The number of rotatable bonds is 7. The average Bonchev–Trinajstić information content (AvgIpc) is 2.42. The fourth-order valence-electron chi connectivity index (χ4n) is 2.19. The lowest BCUT2D eigenvalue weighted by atomic mass is 10.1. The van der Waals surface area contributed by atoms with Gasteiger partial charge in [0.05, 0.1) is 0 Å². The first-order valence-electron chi connectivity index (χ1n) is 7.03. The summed E-state index contributed by atoms with van der Waals surface area (Å²) in [6.07, 6.45) is 7.02. The first kappa shape index (κ1) is 14.9. The van der Waals surface area contributed by atoms with Crippen molar-refractivity contribution in [2.24, 2.45) is 0 Å². The number of ketones is 2. The highest BCUT2D eigenvalue weighted by Crippen LogP contribution is 2.10. The van der Waals surface area contributed by atoms with E-state index < -0.39 is 17.5 Å². The van der Waals surface area contributed by atoms with Crippen LogP contribution in [0.5, 0.6) is 0 Å². The molecule has 0 aromatic carbocycles. The SMILES string of the molecule is CCCCCCC(=O)C(=O)C(=O)N1CCCCC1. The highest BCUT2D eigenvalue weighted by Gasteiger charge is 2.27. The molecule has 0 spiro atoms. The van der Waals surface area contributed by atoms with Crippen LogP contribution in [-0.4, -0.2) is 35.5 Å². The number of unbranched alkanes of at least 4 members (excludes halogenated alkanes) is 3. The van der Waals surface area contributed by atoms with Crippen LogP contribution in [0, 0.1) is 0 Å². The number of nitrogens with zero attached hydrogens (tertiary/aromatic N) is 1. The minimum atomic E-state index is -0.812. The minimum Gasteiger partial charge on any atom is -0.336 e. The van der Waals surface area contributed by atoms with Crippen LogP contribution in [-0.2, 0) is 14.4 Å². The zero-order valence-electron chi connectivity index (χ0n) is 11.2. The number of carbonyl (C=O) groups is 3. The van der Waals surface area contributed by atoms with Crippen molar-refractivity contribution in [3.8, 4) is 0 Å². The van der Waals surface area contributed by atoms with Crippen LogP contribution in [0.2, 0.25) is 0 Å². The summed E-state index contributed by atoms with van der Waals surface area (Å²) in [6, 6.07) is 0. The van der Waals surface area contributed by atoms with E-state index in [4.69, 9.17) is 0 Å². The van der Waals surface area contributed by atoms with Crippen LogP contribution in [0.1, 0.15) is 58.3 Å². The smallest absolute Gasteiger partial charge is 0.298 e. The Morgan fingerprint density at radius 3 is 2.22 bits per heavy atom. The molecule has 0 atom stereocenters. The number of hydrogen-bond acceptors (Lipinski definition) is 3. The fourth-order valence-corrected chi connectivity index (χ4v) is 2.19. The van der Waals surface area contributed by atoms with Crippen LogP contribution < -0.4 is 0 Å². The Morgan fingerprint density at radius 2 is 1.61 bits per heavy atom. The molecule has 102 valence electrons. The normalized spacial score (nSPS) is 15.5. The van der Waals surface area contributed by atoms with Crippen molar-refractivity contribution in [3.05, 3.63) is 0 Å². The highest BCUT2D eigenvalue weighted by molar-refractivity contribution is 6.63. The molecule has 1 rings (SSSR count). The lowest BCUT2D eigenvalue weighted by Crippen LogP contribution is -2.42. The first-order chi connectivity index (χ1) is 8.66. The Hall–Kier alpha value is -1.19. The summed E-state index contributed by atoms with van der Waals surface area (Å²) in [5.41, 5.74) is 0. The van der Waals surface area contributed by atoms with Gasteiger partial charge in [-0.05, 0) is 25.7 Å². The minimum absolute atomic E-state index is 0.221. The fraction of sp³-hybridized carbons (Fsp3) is 0.786. The van der Waals surface area contributed by atoms with E-state index in [1.165, 1.54) is 4.90 Å². The molecule has 0 bridgehead atoms. The molecule has 0 saturated carbocycles. The summed E-state index contributed by atoms with van der Waals surface area (Å²) in [7, 11) is 0. The van der Waals surface area contributed by atoms with E-state index in [9.17, 15) is 14.4 Å². The average molecular weight is 253 g/mol. The zero-order valence-corrected chi connectivity index (χ0v) is 11.2. The maximum Gasteiger partial charge on any atom is 0.298 e. The van der Waals surface area contributed by atoms with Gasteiger partial charge in [0.25, 0.3) is 11.7 Å². The van der Waals surface area contributed by atoms with E-state index in [-0.39, 0.29) is 6.42 Å². The zero-order chi connectivity index (χ0) is 13.4. The molecule has 1 amide bonds. The highest BCUT2D eigenvalue weighted by atomic mass is 16.2. The van der Waals surface area contributed by atoms with Crippen LogP contribution in [0.4, 0.5) is 0 Å². The van der Waals surface area contributed by atoms with Crippen LogP contribution in [0.25, 0.3) is 0 Å². The van der Waals surface area contributed by atoms with E-state index >= 15 is 0 Å². The maximum atomic E-state index is 11.8. The molecule has 0 aromatic heterocycles. The Bertz CT molecular complexity index is 306. The Kier molecular flexibility index (Phi) is 6.61. The molecule has 0 radical (unpaired) electrons. The van der Waals surface area contributed by atoms with E-state index in [1.807, 2.05) is 0 Å². The molecular weight excluding hydrogens is 230 g/mol. The van der Waals surface area contributed by atoms with Gasteiger partial charge < -0.3 is 4.90 Å². The molecule has 0 unspecified atom stereocenters. The summed E-state index contributed by atoms with van der Waals surface area (Å²) >= 11 is 0. The van der Waals surface area contributed by atoms with Crippen molar-refractivity contribution in [1.29, 1.82) is 0 Å². The Balaban J connectivity index is 2.33. The topological polar surface area (TPSA) is 54.5 Å². The molecule has 4 heteroatoms. The van der Waals surface area contributed by atoms with Crippen molar-refractivity contribution in [3.63, 3.8) is 0 Å². The number of carbonyl (C=O) groups excluding carboxylic acids is 3. The van der Waals surface area contributed by atoms with E-state index in [0.717, 1.165) is 38.5 Å². The van der Waals surface area contributed by atoms with Gasteiger partial charge in [0.2, 0.25) is 5.78 Å². The first-order valence-corrected chi connectivity index (χ1v) is 7.03. The lowest BCUT2D eigenvalue weighted by molar-refractivity contribution is -0.150. The lowest BCUT2D eigenvalue weighted by Gasteiger charge is -2.25. The number of amides is 1. The number of likely N-dealkylation sites (tertiary alicyclic amines) is 1. The summed E-state index contributed by atoms with van der Waals surface area (Å²) in [6.45, 7) is 3.33. The predicted octanol–water partition coefficient (Wildman–Crippen LogP) is 2.11. The van der Waals surface area contributed by atoms with Gasteiger partial charge in [-0.1, -0.05) is 26.2 Å². The largest absolute Gasteiger partial charge is 0.336 e. The van der Waals surface area contributed by atoms with E-state index in [1.54, 1.807) is 0 Å². The van der Waals surface area contributed by atoms with E-state index in [0.29, 0.717) is 19.5 Å². The quantitative estimate of drug-likeness (QED) is 0.396. The summed E-state index contributed by atoms with van der Waals surface area (Å²) in [5.74, 6) is -1.91. The van der Waals surface area contributed by atoms with Gasteiger partial charge in [-0.15, -0.1) is 0 Å². The molecule has 1 aliphatic rings. The second-order valence-corrected chi connectivity index (χ2v) is 4.92. The third-order valence-electron chi connectivity index (χ3n) is 3.35. The predicted molar refractivity (Wildman–Crippen MR) is 69.2 cm³/mol. The molecule has 0 aliphatic carbocycles. The standard InChI is InChI=1S/C14H23NO3/c1-2-3-4-6-9-12(16)13(17)14(18)15-10-7-5-8-11-15/h2-11H2,1H3. The molecule has 0 N–H and O–H groups in total. The summed E-state index contributed by atoms with van der Waals surface area (Å²) in [4.78, 5) is 36.6. The number of piperidine rings is 1. The Labute approximate surface area is 109 Å². The number of hydrogen-bond donors (Lipinski definition) is 0. The van der Waals surface area contributed by atoms with Crippen LogP contribution in [0.15, 0.2) is 0 Å². The van der Waals surface area contributed by atoms with Gasteiger partial charge in [0, 0.05) is 19.5 Å². The molecule has 1 heterocycles. The number of Topliss-reactive ketones (excluding diaryl/α,β-unsaturated/α-hetero) is 2. The molecule has 1 fully saturated rings. The molecule has 18 heavy (non-hydrogen) atoms. The van der Waals surface area contributed by atoms with Crippen molar-refractivity contribution in [2.75, 3.05) is 13.1 Å².